The van der Waals surface area contributed by atoms with E-state index in [-0.39, 0.29) is 0 Å². The van der Waals surface area contributed by atoms with Crippen molar-refractivity contribution >= 4 is 45.3 Å². The molecule has 0 radical (unpaired) electrons. The zero-order valence-corrected chi connectivity index (χ0v) is 16.6. The number of benzene rings is 1. The van der Waals surface area contributed by atoms with Crippen molar-refractivity contribution < 1.29 is 9.47 Å². The number of halogens is 1. The van der Waals surface area contributed by atoms with Gasteiger partial charge in [-0.2, -0.15) is 4.98 Å². The minimum atomic E-state index is 0.437. The summed E-state index contributed by atoms with van der Waals surface area (Å²) in [5, 5.41) is 0.783. The molecule has 0 saturated heterocycles. The van der Waals surface area contributed by atoms with E-state index in [1.54, 1.807) is 14.2 Å². The van der Waals surface area contributed by atoms with Gasteiger partial charge in [0.15, 0.2) is 11.5 Å². The molecule has 0 unspecified atom stereocenters. The van der Waals surface area contributed by atoms with Crippen LogP contribution in [0.5, 0.6) is 11.5 Å². The average Bonchev–Trinajstić information content (AvgIpc) is 2.66. The van der Waals surface area contributed by atoms with Crippen LogP contribution in [-0.4, -0.2) is 35.7 Å². The summed E-state index contributed by atoms with van der Waals surface area (Å²) in [5.41, 5.74) is 9.36. The van der Waals surface area contributed by atoms with Gasteiger partial charge in [0.05, 0.1) is 28.7 Å². The van der Waals surface area contributed by atoms with Gasteiger partial charge in [-0.25, -0.2) is 4.98 Å². The predicted octanol–water partition coefficient (Wildman–Crippen LogP) is 2.79. The van der Waals surface area contributed by atoms with Crippen molar-refractivity contribution in [3.8, 4) is 11.5 Å². The van der Waals surface area contributed by atoms with Gasteiger partial charge in [0.2, 0.25) is 5.95 Å². The fourth-order valence-corrected chi connectivity index (χ4v) is 4.28. The van der Waals surface area contributed by atoms with Crippen LogP contribution in [0.2, 0.25) is 0 Å². The third-order valence-electron chi connectivity index (χ3n) is 4.53. The van der Waals surface area contributed by atoms with E-state index >= 15 is 0 Å². The standard InChI is InChI=1S/C18H18IN5O2/c1-25-13-8-12-14(15(19)16(13)26-2)17(20)23-18(22-12)24-7-5-11-10(9-24)4-3-6-21-11/h3-4,6,8H,5,7,9H2,1-2H3,(H2,20,22,23). The molecule has 134 valence electrons. The van der Waals surface area contributed by atoms with Gasteiger partial charge in [0.1, 0.15) is 5.82 Å². The van der Waals surface area contributed by atoms with Gasteiger partial charge < -0.3 is 20.1 Å². The molecule has 0 bridgehead atoms. The van der Waals surface area contributed by atoms with Gasteiger partial charge in [0, 0.05) is 37.5 Å². The molecule has 4 rings (SSSR count). The Morgan fingerprint density at radius 1 is 1.23 bits per heavy atom. The van der Waals surface area contributed by atoms with E-state index < -0.39 is 0 Å². The molecule has 1 aromatic carbocycles. The van der Waals surface area contributed by atoms with E-state index in [2.05, 4.69) is 43.5 Å². The molecule has 3 heterocycles. The molecule has 0 atom stereocenters. The molecular formula is C18H18IN5O2. The number of aromatic nitrogens is 3. The van der Waals surface area contributed by atoms with E-state index in [9.17, 15) is 0 Å². The summed E-state index contributed by atoms with van der Waals surface area (Å²) >= 11 is 2.19. The van der Waals surface area contributed by atoms with Gasteiger partial charge in [-0.3, -0.25) is 4.98 Å². The SMILES string of the molecule is COc1cc2nc(N3CCc4ncccc4C3)nc(N)c2c(I)c1OC. The Labute approximate surface area is 164 Å². The topological polar surface area (TPSA) is 86.4 Å². The first-order chi connectivity index (χ1) is 12.6. The maximum atomic E-state index is 6.28. The minimum Gasteiger partial charge on any atom is -0.493 e. The van der Waals surface area contributed by atoms with E-state index in [1.807, 2.05) is 18.3 Å². The lowest BCUT2D eigenvalue weighted by molar-refractivity contribution is 0.354. The molecule has 3 aromatic rings. The third kappa shape index (κ3) is 2.77. The first-order valence-corrected chi connectivity index (χ1v) is 9.25. The average molecular weight is 463 g/mol. The molecule has 8 heteroatoms. The van der Waals surface area contributed by atoms with Crippen LogP contribution in [0.1, 0.15) is 11.3 Å². The molecule has 2 N–H and O–H groups in total. The van der Waals surface area contributed by atoms with Crippen LogP contribution in [0, 0.1) is 3.57 Å². The molecular weight excluding hydrogens is 445 g/mol. The molecule has 0 aliphatic carbocycles. The van der Waals surface area contributed by atoms with Crippen molar-refractivity contribution in [1.29, 1.82) is 0 Å². The number of methoxy groups -OCH3 is 2. The third-order valence-corrected chi connectivity index (χ3v) is 5.56. The Balaban J connectivity index is 1.81. The zero-order valence-electron chi connectivity index (χ0n) is 14.5. The van der Waals surface area contributed by atoms with Crippen molar-refractivity contribution in [3.05, 3.63) is 39.2 Å². The normalized spacial score (nSPS) is 13.6. The molecule has 1 aliphatic rings. The van der Waals surface area contributed by atoms with Crippen molar-refractivity contribution in [3.63, 3.8) is 0 Å². The van der Waals surface area contributed by atoms with Gasteiger partial charge in [-0.15, -0.1) is 0 Å². The molecule has 2 aromatic heterocycles. The van der Waals surface area contributed by atoms with Gasteiger partial charge >= 0.3 is 0 Å². The van der Waals surface area contributed by atoms with Gasteiger partial charge in [-0.05, 0) is 34.2 Å². The molecule has 0 fully saturated rings. The molecule has 0 spiro atoms. The summed E-state index contributed by atoms with van der Waals surface area (Å²) in [4.78, 5) is 15.9. The number of nitrogens with two attached hydrogens (primary N) is 1. The number of hydrogen-bond acceptors (Lipinski definition) is 7. The predicted molar refractivity (Wildman–Crippen MR) is 109 cm³/mol. The number of ether oxygens (including phenoxy) is 2. The summed E-state index contributed by atoms with van der Waals surface area (Å²) in [5.74, 6) is 2.32. The lowest BCUT2D eigenvalue weighted by Crippen LogP contribution is -2.32. The lowest BCUT2D eigenvalue weighted by atomic mass is 10.1. The highest BCUT2D eigenvalue weighted by atomic mass is 127. The van der Waals surface area contributed by atoms with E-state index in [0.29, 0.717) is 23.3 Å². The van der Waals surface area contributed by atoms with Gasteiger partial charge in [-0.1, -0.05) is 6.07 Å². The Morgan fingerprint density at radius 2 is 2.08 bits per heavy atom. The Bertz CT molecular complexity index is 995. The van der Waals surface area contributed by atoms with Crippen LogP contribution in [0.4, 0.5) is 11.8 Å². The van der Waals surface area contributed by atoms with Crippen LogP contribution < -0.4 is 20.1 Å². The molecule has 0 saturated carbocycles. The number of pyridine rings is 1. The fraction of sp³-hybridized carbons (Fsp3) is 0.278. The maximum Gasteiger partial charge on any atom is 0.228 e. The number of hydrogen-bond donors (Lipinski definition) is 1. The van der Waals surface area contributed by atoms with Crippen molar-refractivity contribution in [2.45, 2.75) is 13.0 Å². The van der Waals surface area contributed by atoms with E-state index in [4.69, 9.17) is 20.2 Å². The highest BCUT2D eigenvalue weighted by Gasteiger charge is 2.22. The second-order valence-corrected chi connectivity index (χ2v) is 7.09. The van der Waals surface area contributed by atoms with Crippen molar-refractivity contribution in [1.82, 2.24) is 15.0 Å². The monoisotopic (exact) mass is 463 g/mol. The van der Waals surface area contributed by atoms with Crippen LogP contribution in [0.15, 0.2) is 24.4 Å². The molecule has 0 amide bonds. The first kappa shape index (κ1) is 17.1. The summed E-state index contributed by atoms with van der Waals surface area (Å²) in [6, 6.07) is 5.89. The zero-order chi connectivity index (χ0) is 18.3. The minimum absolute atomic E-state index is 0.437. The summed E-state index contributed by atoms with van der Waals surface area (Å²) < 4.78 is 11.7. The Morgan fingerprint density at radius 3 is 2.85 bits per heavy atom. The Kier molecular flexibility index (Phi) is 4.43. The first-order valence-electron chi connectivity index (χ1n) is 8.17. The van der Waals surface area contributed by atoms with Crippen molar-refractivity contribution in [2.75, 3.05) is 31.4 Å². The van der Waals surface area contributed by atoms with E-state index in [0.717, 1.165) is 39.7 Å². The summed E-state index contributed by atoms with van der Waals surface area (Å²) in [6.45, 7) is 1.53. The number of fused-ring (bicyclic) bond motifs is 2. The summed E-state index contributed by atoms with van der Waals surface area (Å²) in [6.07, 6.45) is 2.70. The molecule has 1 aliphatic heterocycles. The van der Waals surface area contributed by atoms with Crippen LogP contribution in [0.3, 0.4) is 0 Å². The largest absolute Gasteiger partial charge is 0.493 e. The maximum absolute atomic E-state index is 6.28. The van der Waals surface area contributed by atoms with Crippen LogP contribution in [-0.2, 0) is 13.0 Å². The van der Waals surface area contributed by atoms with Crippen LogP contribution >= 0.6 is 22.6 Å². The summed E-state index contributed by atoms with van der Waals surface area (Å²) in [7, 11) is 3.22. The van der Waals surface area contributed by atoms with Gasteiger partial charge in [0.25, 0.3) is 0 Å². The van der Waals surface area contributed by atoms with Crippen molar-refractivity contribution in [2.24, 2.45) is 0 Å². The quantitative estimate of drug-likeness (QED) is 0.598. The molecule has 7 nitrogen and oxygen atoms in total. The highest BCUT2D eigenvalue weighted by molar-refractivity contribution is 14.1. The second kappa shape index (κ2) is 6.75. The number of anilines is 2. The van der Waals surface area contributed by atoms with E-state index in [1.165, 1.54) is 5.56 Å². The smallest absolute Gasteiger partial charge is 0.228 e. The second-order valence-electron chi connectivity index (χ2n) is 6.01. The van der Waals surface area contributed by atoms with Crippen LogP contribution in [0.25, 0.3) is 10.9 Å². The number of nitrogen functional groups attached to an aromatic ring is 1. The Hall–Kier alpha value is -2.36. The number of nitrogens with zero attached hydrogens (tertiary/aromatic N) is 4. The lowest BCUT2D eigenvalue weighted by Gasteiger charge is -2.28. The fourth-order valence-electron chi connectivity index (χ4n) is 3.24. The molecule has 26 heavy (non-hydrogen) atoms. The number of rotatable bonds is 3. The highest BCUT2D eigenvalue weighted by Crippen LogP contribution is 2.40.